The topological polar surface area (TPSA) is 74.7 Å². The van der Waals surface area contributed by atoms with Crippen LogP contribution >= 0.6 is 0 Å². The van der Waals surface area contributed by atoms with Crippen molar-refractivity contribution >= 4 is 17.8 Å². The molecule has 1 aliphatic heterocycles. The number of carbonyl (C=O) groups is 3. The van der Waals surface area contributed by atoms with Crippen LogP contribution in [-0.4, -0.2) is 34.3 Å². The van der Waals surface area contributed by atoms with E-state index in [1.54, 1.807) is 13.8 Å². The Hall–Kier alpha value is -1.65. The van der Waals surface area contributed by atoms with Crippen LogP contribution in [0.15, 0.2) is 11.1 Å². The molecule has 2 unspecified atom stereocenters. The summed E-state index contributed by atoms with van der Waals surface area (Å²) in [6.45, 7) is 3.53. The van der Waals surface area contributed by atoms with Gasteiger partial charge < -0.3 is 5.11 Å². The fraction of sp³-hybridized carbons (Fsp3) is 0.643. The third kappa shape index (κ3) is 2.41. The van der Waals surface area contributed by atoms with Gasteiger partial charge in [-0.1, -0.05) is 12.8 Å². The van der Waals surface area contributed by atoms with Crippen LogP contribution in [-0.2, 0) is 14.4 Å². The zero-order chi connectivity index (χ0) is 14.2. The Kier molecular flexibility index (Phi) is 3.73. The number of rotatable bonds is 3. The number of carboxylic acid groups (broad SMARTS) is 1. The van der Waals surface area contributed by atoms with Gasteiger partial charge in [0, 0.05) is 17.7 Å². The molecule has 1 saturated carbocycles. The first-order chi connectivity index (χ1) is 8.93. The summed E-state index contributed by atoms with van der Waals surface area (Å²) in [7, 11) is 0. The van der Waals surface area contributed by atoms with Crippen LogP contribution in [0.1, 0.15) is 39.5 Å². The molecule has 0 aromatic carbocycles. The van der Waals surface area contributed by atoms with Crippen molar-refractivity contribution in [3.05, 3.63) is 11.1 Å². The third-order valence-electron chi connectivity index (χ3n) is 4.34. The van der Waals surface area contributed by atoms with E-state index in [0.29, 0.717) is 17.6 Å². The van der Waals surface area contributed by atoms with E-state index in [9.17, 15) is 19.5 Å². The molecule has 1 N–H and O–H groups in total. The number of amides is 2. The third-order valence-corrected chi connectivity index (χ3v) is 4.34. The molecule has 1 aliphatic carbocycles. The second-order valence-corrected chi connectivity index (χ2v) is 5.46. The van der Waals surface area contributed by atoms with E-state index in [2.05, 4.69) is 0 Å². The van der Waals surface area contributed by atoms with Gasteiger partial charge in [-0.3, -0.25) is 19.3 Å². The highest BCUT2D eigenvalue weighted by atomic mass is 16.4. The maximum Gasteiger partial charge on any atom is 0.306 e. The van der Waals surface area contributed by atoms with Gasteiger partial charge in [0.15, 0.2) is 0 Å². The van der Waals surface area contributed by atoms with E-state index in [1.165, 1.54) is 4.90 Å². The van der Waals surface area contributed by atoms with Crippen molar-refractivity contribution in [1.82, 2.24) is 4.90 Å². The van der Waals surface area contributed by atoms with Crippen molar-refractivity contribution in [2.75, 3.05) is 6.54 Å². The SMILES string of the molecule is CC1=C(C)C(=O)N(CC2CCCCC2C(=O)O)C1=O. The second-order valence-electron chi connectivity index (χ2n) is 5.46. The quantitative estimate of drug-likeness (QED) is 0.786. The highest BCUT2D eigenvalue weighted by Crippen LogP contribution is 2.32. The lowest BCUT2D eigenvalue weighted by Gasteiger charge is -2.31. The van der Waals surface area contributed by atoms with Gasteiger partial charge in [-0.25, -0.2) is 0 Å². The maximum absolute atomic E-state index is 12.0. The maximum atomic E-state index is 12.0. The zero-order valence-electron chi connectivity index (χ0n) is 11.3. The molecule has 0 saturated heterocycles. The number of carbonyl (C=O) groups excluding carboxylic acids is 2. The molecule has 1 heterocycles. The van der Waals surface area contributed by atoms with Gasteiger partial charge in [0.1, 0.15) is 0 Å². The number of aliphatic carboxylic acids is 1. The molecule has 2 rings (SSSR count). The Labute approximate surface area is 112 Å². The summed E-state index contributed by atoms with van der Waals surface area (Å²) in [5.74, 6) is -1.90. The molecule has 0 aromatic rings. The molecule has 0 bridgehead atoms. The summed E-state index contributed by atoms with van der Waals surface area (Å²) < 4.78 is 0. The van der Waals surface area contributed by atoms with Crippen LogP contribution in [0.25, 0.3) is 0 Å². The Morgan fingerprint density at radius 3 is 2.21 bits per heavy atom. The van der Waals surface area contributed by atoms with Crippen molar-refractivity contribution in [2.24, 2.45) is 11.8 Å². The molecule has 2 amide bonds. The molecular formula is C14H19NO4. The first kappa shape index (κ1) is 13.8. The monoisotopic (exact) mass is 265 g/mol. The molecule has 0 aromatic heterocycles. The molecule has 2 aliphatic rings. The van der Waals surface area contributed by atoms with Crippen LogP contribution in [0, 0.1) is 11.8 Å². The lowest BCUT2D eigenvalue weighted by molar-refractivity contribution is -0.148. The van der Waals surface area contributed by atoms with Gasteiger partial charge in [-0.2, -0.15) is 0 Å². The van der Waals surface area contributed by atoms with Crippen molar-refractivity contribution in [3.63, 3.8) is 0 Å². The fourth-order valence-electron chi connectivity index (χ4n) is 2.97. The van der Waals surface area contributed by atoms with Gasteiger partial charge in [0.25, 0.3) is 11.8 Å². The van der Waals surface area contributed by atoms with Crippen LogP contribution in [0.5, 0.6) is 0 Å². The van der Waals surface area contributed by atoms with E-state index in [1.807, 2.05) is 0 Å². The molecule has 19 heavy (non-hydrogen) atoms. The molecule has 1 fully saturated rings. The highest BCUT2D eigenvalue weighted by Gasteiger charge is 2.38. The lowest BCUT2D eigenvalue weighted by Crippen LogP contribution is -2.41. The van der Waals surface area contributed by atoms with E-state index < -0.39 is 11.9 Å². The average molecular weight is 265 g/mol. The fourth-order valence-corrected chi connectivity index (χ4v) is 2.97. The average Bonchev–Trinajstić information content (AvgIpc) is 2.57. The summed E-state index contributed by atoms with van der Waals surface area (Å²) in [5, 5.41) is 9.22. The molecular weight excluding hydrogens is 246 g/mol. The summed E-state index contributed by atoms with van der Waals surface area (Å²) in [5.41, 5.74) is 0.959. The molecule has 2 atom stereocenters. The zero-order valence-corrected chi connectivity index (χ0v) is 11.3. The summed E-state index contributed by atoms with van der Waals surface area (Å²) in [4.78, 5) is 36.4. The Morgan fingerprint density at radius 2 is 1.68 bits per heavy atom. The number of imide groups is 1. The molecule has 104 valence electrons. The normalized spacial score (nSPS) is 28.2. The predicted molar refractivity (Wildman–Crippen MR) is 68.2 cm³/mol. The van der Waals surface area contributed by atoms with E-state index in [0.717, 1.165) is 19.3 Å². The highest BCUT2D eigenvalue weighted by molar-refractivity contribution is 6.18. The molecule has 5 heteroatoms. The number of nitrogens with zero attached hydrogens (tertiary/aromatic N) is 1. The molecule has 0 spiro atoms. The van der Waals surface area contributed by atoms with Gasteiger partial charge in [0.05, 0.1) is 5.92 Å². The van der Waals surface area contributed by atoms with Gasteiger partial charge >= 0.3 is 5.97 Å². The van der Waals surface area contributed by atoms with Gasteiger partial charge in [0.2, 0.25) is 0 Å². The van der Waals surface area contributed by atoms with Crippen LogP contribution < -0.4 is 0 Å². The van der Waals surface area contributed by atoms with Crippen molar-refractivity contribution < 1.29 is 19.5 Å². The number of hydrogen-bond acceptors (Lipinski definition) is 3. The van der Waals surface area contributed by atoms with Crippen molar-refractivity contribution in [1.29, 1.82) is 0 Å². The smallest absolute Gasteiger partial charge is 0.306 e. The van der Waals surface area contributed by atoms with E-state index in [-0.39, 0.29) is 24.3 Å². The van der Waals surface area contributed by atoms with E-state index >= 15 is 0 Å². The minimum Gasteiger partial charge on any atom is -0.481 e. The first-order valence-electron chi connectivity index (χ1n) is 6.70. The number of hydrogen-bond donors (Lipinski definition) is 1. The standard InChI is InChI=1S/C14H19NO4/c1-8-9(2)13(17)15(12(8)16)7-10-5-3-4-6-11(10)14(18)19/h10-11H,3-7H2,1-2H3,(H,18,19). The van der Waals surface area contributed by atoms with Crippen LogP contribution in [0.2, 0.25) is 0 Å². The molecule has 0 radical (unpaired) electrons. The lowest BCUT2D eigenvalue weighted by atomic mass is 9.79. The Morgan fingerprint density at radius 1 is 1.16 bits per heavy atom. The first-order valence-corrected chi connectivity index (χ1v) is 6.70. The van der Waals surface area contributed by atoms with Gasteiger partial charge in [-0.05, 0) is 32.6 Å². The predicted octanol–water partition coefficient (Wildman–Crippen LogP) is 1.58. The minimum absolute atomic E-state index is 0.113. The summed E-state index contributed by atoms with van der Waals surface area (Å²) in [6.07, 6.45) is 3.29. The van der Waals surface area contributed by atoms with Crippen molar-refractivity contribution in [3.8, 4) is 0 Å². The summed E-state index contributed by atoms with van der Waals surface area (Å²) >= 11 is 0. The van der Waals surface area contributed by atoms with Crippen LogP contribution in [0.4, 0.5) is 0 Å². The van der Waals surface area contributed by atoms with Crippen LogP contribution in [0.3, 0.4) is 0 Å². The summed E-state index contributed by atoms with van der Waals surface area (Å²) in [6, 6.07) is 0. The van der Waals surface area contributed by atoms with Gasteiger partial charge in [-0.15, -0.1) is 0 Å². The van der Waals surface area contributed by atoms with E-state index in [4.69, 9.17) is 0 Å². The number of carboxylic acids is 1. The Bertz CT molecular complexity index is 442. The van der Waals surface area contributed by atoms with Crippen molar-refractivity contribution in [2.45, 2.75) is 39.5 Å². The Balaban J connectivity index is 2.11. The largest absolute Gasteiger partial charge is 0.481 e. The minimum atomic E-state index is -0.815. The second kappa shape index (κ2) is 5.15. The molecule has 5 nitrogen and oxygen atoms in total.